The minimum Gasteiger partial charge on any atom is -0.494 e. The van der Waals surface area contributed by atoms with Crippen LogP contribution >= 0.6 is 11.3 Å². The van der Waals surface area contributed by atoms with Crippen molar-refractivity contribution in [3.63, 3.8) is 0 Å². The molecule has 2 rings (SSSR count). The molecule has 0 amide bonds. The van der Waals surface area contributed by atoms with E-state index in [2.05, 4.69) is 36.3 Å². The molecule has 0 aliphatic rings. The van der Waals surface area contributed by atoms with Crippen LogP contribution in [0.3, 0.4) is 0 Å². The first-order chi connectivity index (χ1) is 9.19. The van der Waals surface area contributed by atoms with E-state index in [0.717, 1.165) is 34.5 Å². The van der Waals surface area contributed by atoms with Gasteiger partial charge in [-0.25, -0.2) is 0 Å². The highest BCUT2D eigenvalue weighted by Crippen LogP contribution is 2.29. The number of anilines is 1. The fraction of sp³-hybridized carbons (Fsp3) is 0.429. The minimum absolute atomic E-state index is 0.361. The Hall–Kier alpha value is -1.62. The van der Waals surface area contributed by atoms with Gasteiger partial charge >= 0.3 is 0 Å². The Morgan fingerprint density at radius 3 is 2.89 bits per heavy atom. The molecule has 1 aromatic carbocycles. The van der Waals surface area contributed by atoms with Crippen molar-refractivity contribution >= 4 is 16.5 Å². The van der Waals surface area contributed by atoms with E-state index in [-0.39, 0.29) is 0 Å². The van der Waals surface area contributed by atoms with Gasteiger partial charge < -0.3 is 10.1 Å². The summed E-state index contributed by atoms with van der Waals surface area (Å²) < 4.78 is 5.63. The van der Waals surface area contributed by atoms with Crippen LogP contribution in [0.5, 0.6) is 5.75 Å². The van der Waals surface area contributed by atoms with Crippen LogP contribution in [0.1, 0.15) is 27.2 Å². The van der Waals surface area contributed by atoms with Crippen LogP contribution in [-0.4, -0.2) is 22.8 Å². The second-order valence-corrected chi connectivity index (χ2v) is 5.57. The molecule has 1 heterocycles. The van der Waals surface area contributed by atoms with E-state index >= 15 is 0 Å². The van der Waals surface area contributed by atoms with Gasteiger partial charge in [0.25, 0.3) is 0 Å². The molecular formula is C14H19N3OS. The first-order valence-corrected chi connectivity index (χ1v) is 7.34. The maximum absolute atomic E-state index is 5.63. The second-order valence-electron chi connectivity index (χ2n) is 4.59. The molecule has 0 aliphatic heterocycles. The quantitative estimate of drug-likeness (QED) is 0.872. The fourth-order valence-corrected chi connectivity index (χ4v) is 2.47. The second kappa shape index (κ2) is 6.52. The Kier molecular flexibility index (Phi) is 4.74. The van der Waals surface area contributed by atoms with Gasteiger partial charge in [0.2, 0.25) is 5.13 Å². The zero-order valence-electron chi connectivity index (χ0n) is 11.5. The Bertz CT molecular complexity index is 525. The monoisotopic (exact) mass is 277 g/mol. The van der Waals surface area contributed by atoms with E-state index in [1.54, 1.807) is 11.3 Å². The Morgan fingerprint density at radius 1 is 1.32 bits per heavy atom. The number of benzene rings is 1. The summed E-state index contributed by atoms with van der Waals surface area (Å²) in [4.78, 5) is 0. The van der Waals surface area contributed by atoms with Crippen LogP contribution in [-0.2, 0) is 0 Å². The standard InChI is InChI=1S/C14H19N3OS/c1-4-8-18-12-7-5-6-11(9-12)13-16-17-14(19-13)15-10(2)3/h5-7,9-10H,4,8H2,1-3H3,(H,15,17). The Morgan fingerprint density at radius 2 is 2.16 bits per heavy atom. The molecule has 0 bridgehead atoms. The normalized spacial score (nSPS) is 10.7. The summed E-state index contributed by atoms with van der Waals surface area (Å²) in [5.74, 6) is 0.882. The van der Waals surface area contributed by atoms with Crippen LogP contribution in [0.4, 0.5) is 5.13 Å². The predicted octanol–water partition coefficient (Wildman–Crippen LogP) is 3.81. The zero-order chi connectivity index (χ0) is 13.7. The third-order valence-electron chi connectivity index (χ3n) is 2.39. The van der Waals surface area contributed by atoms with Gasteiger partial charge in [-0.3, -0.25) is 0 Å². The largest absolute Gasteiger partial charge is 0.494 e. The number of rotatable bonds is 6. The topological polar surface area (TPSA) is 47.0 Å². The highest BCUT2D eigenvalue weighted by molar-refractivity contribution is 7.18. The molecule has 0 saturated heterocycles. The summed E-state index contributed by atoms with van der Waals surface area (Å²) in [6, 6.07) is 8.35. The molecule has 0 aliphatic carbocycles. The number of nitrogens with one attached hydrogen (secondary N) is 1. The molecule has 4 nitrogen and oxygen atoms in total. The summed E-state index contributed by atoms with van der Waals surface area (Å²) in [7, 11) is 0. The average molecular weight is 277 g/mol. The lowest BCUT2D eigenvalue weighted by Crippen LogP contribution is -2.08. The Balaban J connectivity index is 2.14. The summed E-state index contributed by atoms with van der Waals surface area (Å²) in [5.41, 5.74) is 1.04. The van der Waals surface area contributed by atoms with E-state index < -0.39 is 0 Å². The SMILES string of the molecule is CCCOc1cccc(-c2nnc(NC(C)C)s2)c1. The van der Waals surface area contributed by atoms with Crippen LogP contribution in [0, 0.1) is 0 Å². The first kappa shape index (κ1) is 13.8. The smallest absolute Gasteiger partial charge is 0.206 e. The summed E-state index contributed by atoms with van der Waals surface area (Å²) in [5, 5.41) is 13.4. The van der Waals surface area contributed by atoms with E-state index in [4.69, 9.17) is 4.74 Å². The van der Waals surface area contributed by atoms with Gasteiger partial charge in [0, 0.05) is 11.6 Å². The number of hydrogen-bond donors (Lipinski definition) is 1. The van der Waals surface area contributed by atoms with Gasteiger partial charge in [-0.15, -0.1) is 10.2 Å². The molecular weight excluding hydrogens is 258 g/mol. The minimum atomic E-state index is 0.361. The lowest BCUT2D eigenvalue weighted by molar-refractivity contribution is 0.317. The van der Waals surface area contributed by atoms with E-state index in [1.807, 2.05) is 24.3 Å². The maximum Gasteiger partial charge on any atom is 0.206 e. The number of aromatic nitrogens is 2. The number of nitrogens with zero attached hydrogens (tertiary/aromatic N) is 2. The Labute approximate surface area is 117 Å². The van der Waals surface area contributed by atoms with Crippen molar-refractivity contribution in [1.29, 1.82) is 0 Å². The van der Waals surface area contributed by atoms with Gasteiger partial charge in [-0.2, -0.15) is 0 Å². The van der Waals surface area contributed by atoms with Crippen molar-refractivity contribution in [3.8, 4) is 16.3 Å². The molecule has 0 saturated carbocycles. The molecule has 0 atom stereocenters. The van der Waals surface area contributed by atoms with Crippen molar-refractivity contribution in [2.45, 2.75) is 33.2 Å². The van der Waals surface area contributed by atoms with E-state index in [1.165, 1.54) is 0 Å². The molecule has 0 fully saturated rings. The lowest BCUT2D eigenvalue weighted by atomic mass is 10.2. The first-order valence-electron chi connectivity index (χ1n) is 6.52. The van der Waals surface area contributed by atoms with Gasteiger partial charge in [0.15, 0.2) is 0 Å². The lowest BCUT2D eigenvalue weighted by Gasteiger charge is -2.05. The van der Waals surface area contributed by atoms with Crippen molar-refractivity contribution < 1.29 is 4.74 Å². The molecule has 5 heteroatoms. The van der Waals surface area contributed by atoms with Crippen LogP contribution in [0.2, 0.25) is 0 Å². The fourth-order valence-electron chi connectivity index (χ4n) is 1.58. The van der Waals surface area contributed by atoms with E-state index in [0.29, 0.717) is 6.04 Å². The summed E-state index contributed by atoms with van der Waals surface area (Å²) >= 11 is 1.56. The molecule has 102 valence electrons. The number of ether oxygens (including phenoxy) is 1. The zero-order valence-corrected chi connectivity index (χ0v) is 12.3. The van der Waals surface area contributed by atoms with Gasteiger partial charge in [0.05, 0.1) is 6.61 Å². The molecule has 1 N–H and O–H groups in total. The van der Waals surface area contributed by atoms with Crippen molar-refractivity contribution in [2.75, 3.05) is 11.9 Å². The third kappa shape index (κ3) is 3.92. The molecule has 2 aromatic rings. The maximum atomic E-state index is 5.63. The predicted molar refractivity (Wildman–Crippen MR) is 79.9 cm³/mol. The molecule has 19 heavy (non-hydrogen) atoms. The molecule has 1 aromatic heterocycles. The van der Waals surface area contributed by atoms with Gasteiger partial charge in [-0.05, 0) is 32.4 Å². The van der Waals surface area contributed by atoms with Gasteiger partial charge in [0.1, 0.15) is 10.8 Å². The van der Waals surface area contributed by atoms with Crippen molar-refractivity contribution in [3.05, 3.63) is 24.3 Å². The molecule has 0 unspecified atom stereocenters. The third-order valence-corrected chi connectivity index (χ3v) is 3.29. The van der Waals surface area contributed by atoms with Crippen LogP contribution in [0.15, 0.2) is 24.3 Å². The summed E-state index contributed by atoms with van der Waals surface area (Å²) in [6.07, 6.45) is 1.01. The average Bonchev–Trinajstić information content (AvgIpc) is 2.84. The van der Waals surface area contributed by atoms with Crippen molar-refractivity contribution in [2.24, 2.45) is 0 Å². The van der Waals surface area contributed by atoms with Crippen LogP contribution in [0.25, 0.3) is 10.6 Å². The van der Waals surface area contributed by atoms with Gasteiger partial charge in [-0.1, -0.05) is 30.4 Å². The van der Waals surface area contributed by atoms with E-state index in [9.17, 15) is 0 Å². The van der Waals surface area contributed by atoms with Crippen molar-refractivity contribution in [1.82, 2.24) is 10.2 Å². The van der Waals surface area contributed by atoms with Crippen LogP contribution < -0.4 is 10.1 Å². The molecule has 0 radical (unpaired) electrons. The molecule has 0 spiro atoms. The highest BCUT2D eigenvalue weighted by atomic mass is 32.1. The highest BCUT2D eigenvalue weighted by Gasteiger charge is 2.08. The number of hydrogen-bond acceptors (Lipinski definition) is 5. The summed E-state index contributed by atoms with van der Waals surface area (Å²) in [6.45, 7) is 7.00.